The van der Waals surface area contributed by atoms with Crippen LogP contribution in [-0.4, -0.2) is 26.8 Å². The molecule has 1 aromatic heterocycles. The predicted molar refractivity (Wildman–Crippen MR) is 82.6 cm³/mol. The standard InChI is InChI=1S/C16H15F3O5S/c1-10-3-8-13(23-10)14(16(17,18)19)24-15(20)12-6-4-11(5-7-12)9-25(2,21)22/h3-8,14H,9H2,1-2H3/t14-/m0/s1. The van der Waals surface area contributed by atoms with E-state index in [1.54, 1.807) is 0 Å². The van der Waals surface area contributed by atoms with Crippen LogP contribution in [0.1, 0.15) is 33.5 Å². The smallest absolute Gasteiger partial charge is 0.433 e. The molecule has 5 nitrogen and oxygen atoms in total. The van der Waals surface area contributed by atoms with Gasteiger partial charge in [-0.15, -0.1) is 0 Å². The quantitative estimate of drug-likeness (QED) is 0.746. The first-order chi connectivity index (χ1) is 11.5. The van der Waals surface area contributed by atoms with Crippen molar-refractivity contribution < 1.29 is 35.5 Å². The highest BCUT2D eigenvalue weighted by molar-refractivity contribution is 7.89. The number of carbonyl (C=O) groups is 1. The van der Waals surface area contributed by atoms with Gasteiger partial charge in [-0.05, 0) is 36.8 Å². The van der Waals surface area contributed by atoms with E-state index in [1.165, 1.54) is 37.3 Å². The van der Waals surface area contributed by atoms with E-state index in [4.69, 9.17) is 4.42 Å². The molecule has 0 unspecified atom stereocenters. The number of hydrogen-bond donors (Lipinski definition) is 0. The zero-order valence-electron chi connectivity index (χ0n) is 13.3. The van der Waals surface area contributed by atoms with Crippen LogP contribution in [0.4, 0.5) is 13.2 Å². The first-order valence-corrected chi connectivity index (χ1v) is 9.12. The zero-order valence-corrected chi connectivity index (χ0v) is 14.1. The minimum Gasteiger partial charge on any atom is -0.462 e. The van der Waals surface area contributed by atoms with Gasteiger partial charge in [0.2, 0.25) is 0 Å². The summed E-state index contributed by atoms with van der Waals surface area (Å²) in [6.45, 7) is 1.47. The maximum absolute atomic E-state index is 13.1. The second kappa shape index (κ2) is 6.91. The average molecular weight is 376 g/mol. The van der Waals surface area contributed by atoms with E-state index in [-0.39, 0.29) is 17.1 Å². The topological polar surface area (TPSA) is 73.6 Å². The summed E-state index contributed by atoms with van der Waals surface area (Å²) in [7, 11) is -3.26. The summed E-state index contributed by atoms with van der Waals surface area (Å²) in [5, 5.41) is 0. The van der Waals surface area contributed by atoms with Gasteiger partial charge in [0.05, 0.1) is 11.3 Å². The van der Waals surface area contributed by atoms with Crippen LogP contribution in [0.25, 0.3) is 0 Å². The maximum atomic E-state index is 13.1. The summed E-state index contributed by atoms with van der Waals surface area (Å²) in [5.74, 6) is -1.70. The van der Waals surface area contributed by atoms with Crippen molar-refractivity contribution in [2.45, 2.75) is 25.0 Å². The average Bonchev–Trinajstić information content (AvgIpc) is 2.88. The molecule has 9 heteroatoms. The van der Waals surface area contributed by atoms with Crippen LogP contribution in [0.15, 0.2) is 40.8 Å². The van der Waals surface area contributed by atoms with Crippen LogP contribution in [0.5, 0.6) is 0 Å². The fourth-order valence-electron chi connectivity index (χ4n) is 2.10. The van der Waals surface area contributed by atoms with Gasteiger partial charge in [-0.2, -0.15) is 13.2 Å². The molecule has 0 amide bonds. The fourth-order valence-corrected chi connectivity index (χ4v) is 2.89. The molecule has 0 saturated heterocycles. The van der Waals surface area contributed by atoms with Gasteiger partial charge in [0, 0.05) is 6.26 Å². The summed E-state index contributed by atoms with van der Waals surface area (Å²) in [4.78, 5) is 12.0. The van der Waals surface area contributed by atoms with E-state index in [9.17, 15) is 26.4 Å². The summed E-state index contributed by atoms with van der Waals surface area (Å²) in [5.41, 5.74) is 0.280. The normalized spacial score (nSPS) is 13.5. The van der Waals surface area contributed by atoms with E-state index < -0.39 is 33.8 Å². The second-order valence-corrected chi connectivity index (χ2v) is 7.68. The molecule has 25 heavy (non-hydrogen) atoms. The van der Waals surface area contributed by atoms with E-state index in [2.05, 4.69) is 4.74 Å². The van der Waals surface area contributed by atoms with Gasteiger partial charge in [0.15, 0.2) is 15.6 Å². The third kappa shape index (κ3) is 5.35. The highest BCUT2D eigenvalue weighted by atomic mass is 32.2. The van der Waals surface area contributed by atoms with Gasteiger partial charge >= 0.3 is 12.1 Å². The monoisotopic (exact) mass is 376 g/mol. The fraction of sp³-hybridized carbons (Fsp3) is 0.312. The van der Waals surface area contributed by atoms with Crippen LogP contribution in [-0.2, 0) is 20.3 Å². The lowest BCUT2D eigenvalue weighted by Crippen LogP contribution is -2.26. The molecule has 0 bridgehead atoms. The molecule has 1 heterocycles. The molecule has 0 aliphatic rings. The molecule has 0 radical (unpaired) electrons. The molecule has 136 valence electrons. The number of hydrogen-bond acceptors (Lipinski definition) is 5. The first-order valence-electron chi connectivity index (χ1n) is 7.06. The van der Waals surface area contributed by atoms with Gasteiger partial charge < -0.3 is 9.15 Å². The van der Waals surface area contributed by atoms with Gasteiger partial charge in [0.1, 0.15) is 5.76 Å². The van der Waals surface area contributed by atoms with Crippen molar-refractivity contribution in [3.63, 3.8) is 0 Å². The van der Waals surface area contributed by atoms with Crippen molar-refractivity contribution in [2.75, 3.05) is 6.26 Å². The van der Waals surface area contributed by atoms with E-state index in [0.717, 1.165) is 12.3 Å². The lowest BCUT2D eigenvalue weighted by atomic mass is 10.1. The Morgan fingerprint density at radius 2 is 1.76 bits per heavy atom. The van der Waals surface area contributed by atoms with Crippen molar-refractivity contribution in [3.8, 4) is 0 Å². The molecule has 0 aliphatic carbocycles. The molecule has 2 rings (SSSR count). The molecule has 0 N–H and O–H groups in total. The number of carbonyl (C=O) groups excluding carboxylic acids is 1. The largest absolute Gasteiger partial charge is 0.462 e. The summed E-state index contributed by atoms with van der Waals surface area (Å²) in [6, 6.07) is 7.54. The number of esters is 1. The third-order valence-corrected chi connectivity index (χ3v) is 4.02. The van der Waals surface area contributed by atoms with E-state index >= 15 is 0 Å². The zero-order chi connectivity index (χ0) is 18.8. The highest BCUT2D eigenvalue weighted by Gasteiger charge is 2.46. The Labute approximate surface area is 142 Å². The van der Waals surface area contributed by atoms with Crippen LogP contribution in [0.3, 0.4) is 0 Å². The van der Waals surface area contributed by atoms with Crippen molar-refractivity contribution in [1.29, 1.82) is 0 Å². The molecule has 1 aromatic carbocycles. The number of sulfone groups is 1. The Hall–Kier alpha value is -2.29. The molecule has 0 spiro atoms. The van der Waals surface area contributed by atoms with E-state index in [1.807, 2.05) is 0 Å². The SMILES string of the molecule is Cc1ccc([C@H](OC(=O)c2ccc(CS(C)(=O)=O)cc2)C(F)(F)F)o1. The lowest BCUT2D eigenvalue weighted by Gasteiger charge is -2.18. The number of aryl methyl sites for hydroxylation is 1. The summed E-state index contributed by atoms with van der Waals surface area (Å²) in [6.07, 6.45) is -6.31. The Morgan fingerprint density at radius 1 is 1.16 bits per heavy atom. The van der Waals surface area contributed by atoms with Crippen LogP contribution >= 0.6 is 0 Å². The number of furan rings is 1. The number of halogens is 3. The maximum Gasteiger partial charge on any atom is 0.433 e. The van der Waals surface area contributed by atoms with Crippen molar-refractivity contribution >= 4 is 15.8 Å². The van der Waals surface area contributed by atoms with Crippen LogP contribution in [0.2, 0.25) is 0 Å². The highest BCUT2D eigenvalue weighted by Crippen LogP contribution is 2.37. The summed E-state index contributed by atoms with van der Waals surface area (Å²) < 4.78 is 71.3. The second-order valence-electron chi connectivity index (χ2n) is 5.54. The molecule has 0 fully saturated rings. The predicted octanol–water partition coefficient (Wildman–Crippen LogP) is 3.59. The first kappa shape index (κ1) is 19.0. The molecular formula is C16H15F3O5S. The van der Waals surface area contributed by atoms with Crippen LogP contribution in [0, 0.1) is 6.92 Å². The Morgan fingerprint density at radius 3 is 2.20 bits per heavy atom. The number of alkyl halides is 3. The van der Waals surface area contributed by atoms with Gasteiger partial charge in [-0.1, -0.05) is 12.1 Å². The summed E-state index contributed by atoms with van der Waals surface area (Å²) >= 11 is 0. The van der Waals surface area contributed by atoms with Gasteiger partial charge in [0.25, 0.3) is 6.10 Å². The van der Waals surface area contributed by atoms with Crippen LogP contribution < -0.4 is 0 Å². The van der Waals surface area contributed by atoms with Crippen molar-refractivity contribution in [3.05, 3.63) is 59.0 Å². The number of rotatable bonds is 5. The molecule has 1 atom stereocenters. The Kier molecular flexibility index (Phi) is 5.26. The number of ether oxygens (including phenoxy) is 1. The third-order valence-electron chi connectivity index (χ3n) is 3.16. The molecule has 0 saturated carbocycles. The Bertz CT molecular complexity index is 851. The minimum atomic E-state index is -4.84. The minimum absolute atomic E-state index is 0.130. The lowest BCUT2D eigenvalue weighted by molar-refractivity contribution is -0.212. The van der Waals surface area contributed by atoms with Gasteiger partial charge in [-0.3, -0.25) is 0 Å². The molecule has 0 aliphatic heterocycles. The Balaban J connectivity index is 2.18. The number of benzene rings is 1. The van der Waals surface area contributed by atoms with Crippen molar-refractivity contribution in [2.24, 2.45) is 0 Å². The molecular weight excluding hydrogens is 361 g/mol. The van der Waals surface area contributed by atoms with E-state index in [0.29, 0.717) is 5.56 Å². The van der Waals surface area contributed by atoms with Gasteiger partial charge in [-0.25, -0.2) is 13.2 Å². The molecule has 2 aromatic rings. The van der Waals surface area contributed by atoms with Crippen molar-refractivity contribution in [1.82, 2.24) is 0 Å².